The van der Waals surface area contributed by atoms with Crippen LogP contribution < -0.4 is 15.5 Å². The Morgan fingerprint density at radius 1 is 0.964 bits per heavy atom. The summed E-state index contributed by atoms with van der Waals surface area (Å²) in [7, 11) is 0. The zero-order valence-electron chi connectivity index (χ0n) is 17.3. The van der Waals surface area contributed by atoms with Crippen molar-refractivity contribution in [2.24, 2.45) is 17.8 Å². The molecule has 4 bridgehead atoms. The lowest BCUT2D eigenvalue weighted by Gasteiger charge is -2.57. The second kappa shape index (κ2) is 7.27. The van der Waals surface area contributed by atoms with Crippen LogP contribution in [0.2, 0.25) is 0 Å². The third-order valence-electron chi connectivity index (χ3n) is 7.79. The molecule has 1 atom stereocenters. The third kappa shape index (κ3) is 3.62. The highest BCUT2D eigenvalue weighted by molar-refractivity contribution is 5.85. The first-order chi connectivity index (χ1) is 13.6. The van der Waals surface area contributed by atoms with Crippen molar-refractivity contribution in [3.8, 4) is 0 Å². The topological polar surface area (TPSA) is 44.4 Å². The first-order valence-corrected chi connectivity index (χ1v) is 11.5. The second-order valence-corrected chi connectivity index (χ2v) is 10.1. The largest absolute Gasteiger partial charge is 0.374 e. The van der Waals surface area contributed by atoms with Crippen LogP contribution in [-0.4, -0.2) is 30.6 Å². The molecule has 5 aliphatic rings. The van der Waals surface area contributed by atoms with E-state index in [2.05, 4.69) is 39.8 Å². The minimum atomic E-state index is -0.200. The number of nitrogens with one attached hydrogen (secondary N) is 2. The van der Waals surface area contributed by atoms with Gasteiger partial charge in [0, 0.05) is 30.0 Å². The lowest BCUT2D eigenvalue weighted by atomic mass is 9.53. The molecule has 1 saturated heterocycles. The highest BCUT2D eigenvalue weighted by Gasteiger charge is 2.51. The molecule has 0 spiro atoms. The molecule has 4 aliphatic carbocycles. The number of benzene rings is 1. The molecule has 152 valence electrons. The zero-order chi connectivity index (χ0) is 19.1. The van der Waals surface area contributed by atoms with Gasteiger partial charge in [0.25, 0.3) is 0 Å². The monoisotopic (exact) mass is 381 g/mol. The summed E-state index contributed by atoms with van der Waals surface area (Å²) in [5.41, 5.74) is 2.43. The van der Waals surface area contributed by atoms with Crippen LogP contribution in [0.3, 0.4) is 0 Å². The average molecular weight is 382 g/mol. The number of rotatable bonds is 5. The van der Waals surface area contributed by atoms with Crippen molar-refractivity contribution in [1.29, 1.82) is 0 Å². The number of amides is 1. The predicted molar refractivity (Wildman–Crippen MR) is 115 cm³/mol. The van der Waals surface area contributed by atoms with Crippen molar-refractivity contribution in [2.75, 3.05) is 23.3 Å². The predicted octanol–water partition coefficient (Wildman–Crippen LogP) is 4.56. The molecule has 1 aliphatic heterocycles. The van der Waals surface area contributed by atoms with Gasteiger partial charge < -0.3 is 15.5 Å². The van der Waals surface area contributed by atoms with E-state index < -0.39 is 0 Å². The van der Waals surface area contributed by atoms with Crippen LogP contribution in [0.4, 0.5) is 11.4 Å². The average Bonchev–Trinajstić information content (AvgIpc) is 2.68. The van der Waals surface area contributed by atoms with E-state index in [1.807, 2.05) is 6.92 Å². The van der Waals surface area contributed by atoms with Gasteiger partial charge in [-0.15, -0.1) is 0 Å². The van der Waals surface area contributed by atoms with Gasteiger partial charge in [0.15, 0.2) is 0 Å². The number of hydrogen-bond acceptors (Lipinski definition) is 3. The van der Waals surface area contributed by atoms with Gasteiger partial charge in [-0.2, -0.15) is 0 Å². The van der Waals surface area contributed by atoms with Crippen LogP contribution in [0.15, 0.2) is 24.3 Å². The lowest BCUT2D eigenvalue weighted by Crippen LogP contribution is -2.61. The molecule has 2 N–H and O–H groups in total. The smallest absolute Gasteiger partial charge is 0.242 e. The van der Waals surface area contributed by atoms with Crippen molar-refractivity contribution in [1.82, 2.24) is 5.32 Å². The fraction of sp³-hybridized carbons (Fsp3) is 0.708. The van der Waals surface area contributed by atoms with Crippen LogP contribution in [0, 0.1) is 17.8 Å². The second-order valence-electron chi connectivity index (χ2n) is 10.1. The fourth-order valence-electron chi connectivity index (χ4n) is 6.87. The van der Waals surface area contributed by atoms with E-state index in [4.69, 9.17) is 0 Å². The summed E-state index contributed by atoms with van der Waals surface area (Å²) in [5, 5.41) is 6.92. The SMILES string of the molecule is C[C@H](Nc1ccc(N2CCCCC2)cc1)C(=O)NC12CC3CC(CC(C3)C1)C2. The molecule has 0 radical (unpaired) electrons. The maximum Gasteiger partial charge on any atom is 0.242 e. The third-order valence-corrected chi connectivity index (χ3v) is 7.79. The molecule has 1 aromatic carbocycles. The maximum absolute atomic E-state index is 13.0. The molecular weight excluding hydrogens is 346 g/mol. The highest BCUT2D eigenvalue weighted by atomic mass is 16.2. The summed E-state index contributed by atoms with van der Waals surface area (Å²) in [5.74, 6) is 2.74. The fourth-order valence-corrected chi connectivity index (χ4v) is 6.87. The first kappa shape index (κ1) is 18.3. The standard InChI is InChI=1S/C24H35N3O/c1-17(25-21-5-7-22(8-6-21)27-9-3-2-4-10-27)23(28)26-24-14-18-11-19(15-24)13-20(12-18)16-24/h5-8,17-20,25H,2-4,9-16H2,1H3,(H,26,28)/t17-,18?,19?,20?,24?/m0/s1. The van der Waals surface area contributed by atoms with Crippen LogP contribution >= 0.6 is 0 Å². The van der Waals surface area contributed by atoms with E-state index in [0.29, 0.717) is 0 Å². The van der Waals surface area contributed by atoms with Crippen molar-refractivity contribution in [2.45, 2.75) is 76.3 Å². The minimum Gasteiger partial charge on any atom is -0.374 e. The quantitative estimate of drug-likeness (QED) is 0.786. The molecule has 1 amide bonds. The van der Waals surface area contributed by atoms with E-state index in [9.17, 15) is 4.79 Å². The number of hydrogen-bond donors (Lipinski definition) is 2. The number of carbonyl (C=O) groups excluding carboxylic acids is 1. The number of anilines is 2. The van der Waals surface area contributed by atoms with Gasteiger partial charge in [-0.05, 0) is 107 Å². The van der Waals surface area contributed by atoms with E-state index in [1.165, 1.54) is 63.5 Å². The summed E-state index contributed by atoms with van der Waals surface area (Å²) in [4.78, 5) is 15.4. The van der Waals surface area contributed by atoms with E-state index in [0.717, 1.165) is 36.5 Å². The normalized spacial score (nSPS) is 34.9. The van der Waals surface area contributed by atoms with Gasteiger partial charge in [0.1, 0.15) is 6.04 Å². The number of nitrogens with zero attached hydrogens (tertiary/aromatic N) is 1. The zero-order valence-corrected chi connectivity index (χ0v) is 17.3. The van der Waals surface area contributed by atoms with Crippen LogP contribution in [0.5, 0.6) is 0 Å². The van der Waals surface area contributed by atoms with E-state index >= 15 is 0 Å². The Labute approximate surface area is 169 Å². The maximum atomic E-state index is 13.0. The van der Waals surface area contributed by atoms with Crippen molar-refractivity contribution in [3.63, 3.8) is 0 Å². The summed E-state index contributed by atoms with van der Waals surface area (Å²) in [6.45, 7) is 4.32. The molecule has 4 saturated carbocycles. The Balaban J connectivity index is 1.18. The molecule has 0 unspecified atom stereocenters. The molecule has 4 nitrogen and oxygen atoms in total. The Morgan fingerprint density at radius 2 is 1.54 bits per heavy atom. The van der Waals surface area contributed by atoms with Crippen LogP contribution in [0.25, 0.3) is 0 Å². The van der Waals surface area contributed by atoms with Crippen molar-refractivity contribution < 1.29 is 4.79 Å². The van der Waals surface area contributed by atoms with E-state index in [-0.39, 0.29) is 17.5 Å². The Morgan fingerprint density at radius 3 is 2.11 bits per heavy atom. The van der Waals surface area contributed by atoms with E-state index in [1.54, 1.807) is 0 Å². The molecular formula is C24H35N3O. The highest BCUT2D eigenvalue weighted by Crippen LogP contribution is 2.55. The first-order valence-electron chi connectivity index (χ1n) is 11.5. The summed E-state index contributed by atoms with van der Waals surface area (Å²) >= 11 is 0. The van der Waals surface area contributed by atoms with Gasteiger partial charge in [-0.25, -0.2) is 0 Å². The van der Waals surface area contributed by atoms with Crippen molar-refractivity contribution >= 4 is 17.3 Å². The molecule has 28 heavy (non-hydrogen) atoms. The Bertz CT molecular complexity index is 672. The minimum absolute atomic E-state index is 0.0971. The molecule has 6 rings (SSSR count). The molecule has 1 aromatic rings. The Kier molecular flexibility index (Phi) is 4.76. The van der Waals surface area contributed by atoms with Gasteiger partial charge in [-0.3, -0.25) is 4.79 Å². The van der Waals surface area contributed by atoms with Gasteiger partial charge in [-0.1, -0.05) is 0 Å². The Hall–Kier alpha value is -1.71. The molecule has 4 heteroatoms. The molecule has 5 fully saturated rings. The molecule has 0 aromatic heterocycles. The van der Waals surface area contributed by atoms with Gasteiger partial charge >= 0.3 is 0 Å². The molecule has 1 heterocycles. The number of carbonyl (C=O) groups is 1. The van der Waals surface area contributed by atoms with Gasteiger partial charge in [0.2, 0.25) is 5.91 Å². The summed E-state index contributed by atoms with van der Waals surface area (Å²) in [6.07, 6.45) is 11.8. The van der Waals surface area contributed by atoms with Crippen molar-refractivity contribution in [3.05, 3.63) is 24.3 Å². The summed E-state index contributed by atoms with van der Waals surface area (Å²) < 4.78 is 0. The summed E-state index contributed by atoms with van der Waals surface area (Å²) in [6, 6.07) is 8.43. The van der Waals surface area contributed by atoms with Crippen LogP contribution in [0.1, 0.15) is 64.7 Å². The number of piperidine rings is 1. The lowest BCUT2D eigenvalue weighted by molar-refractivity contribution is -0.127. The van der Waals surface area contributed by atoms with Crippen LogP contribution in [-0.2, 0) is 4.79 Å². The van der Waals surface area contributed by atoms with Gasteiger partial charge in [0.05, 0.1) is 0 Å².